The molecule has 1 unspecified atom stereocenters. The average molecular weight is 423 g/mol. The molecule has 9 nitrogen and oxygen atoms in total. The van der Waals surface area contributed by atoms with Crippen LogP contribution in [0.15, 0.2) is 35.3 Å². The zero-order chi connectivity index (χ0) is 20.3. The summed E-state index contributed by atoms with van der Waals surface area (Å²) in [5.74, 6) is 0. The number of fused-ring (bicyclic) bond motifs is 1. The van der Waals surface area contributed by atoms with Crippen LogP contribution in [0.5, 0.6) is 0 Å². The number of rotatable bonds is 6. The van der Waals surface area contributed by atoms with Crippen molar-refractivity contribution in [3.63, 3.8) is 0 Å². The molecule has 2 saturated carbocycles. The first-order valence-electron chi connectivity index (χ1n) is 10.3. The minimum atomic E-state index is -2.35. The molecule has 154 valence electrons. The first kappa shape index (κ1) is 18.0. The van der Waals surface area contributed by atoms with Crippen molar-refractivity contribution in [3.8, 4) is 11.3 Å². The van der Waals surface area contributed by atoms with Gasteiger partial charge in [0.1, 0.15) is 21.9 Å². The Labute approximate surface area is 174 Å². The van der Waals surface area contributed by atoms with E-state index in [1.54, 1.807) is 6.20 Å². The van der Waals surface area contributed by atoms with Crippen LogP contribution < -0.4 is 0 Å². The molecule has 3 aromatic heterocycles. The van der Waals surface area contributed by atoms with Gasteiger partial charge in [0, 0.05) is 36.4 Å². The van der Waals surface area contributed by atoms with Crippen molar-refractivity contribution in [2.75, 3.05) is 19.6 Å². The summed E-state index contributed by atoms with van der Waals surface area (Å²) in [6.07, 6.45) is 11.2. The van der Waals surface area contributed by atoms with E-state index in [1.807, 2.05) is 27.4 Å². The van der Waals surface area contributed by atoms with Gasteiger partial charge in [-0.2, -0.15) is 5.10 Å². The lowest BCUT2D eigenvalue weighted by Crippen LogP contribution is -2.66. The number of aromatic nitrogens is 5. The van der Waals surface area contributed by atoms with Gasteiger partial charge in [-0.1, -0.05) is 0 Å². The Kier molecular flexibility index (Phi) is 3.82. The zero-order valence-electron chi connectivity index (χ0n) is 16.4. The lowest BCUT2D eigenvalue weighted by Gasteiger charge is -2.47. The van der Waals surface area contributed by atoms with Crippen molar-refractivity contribution in [2.24, 2.45) is 4.36 Å². The first-order chi connectivity index (χ1) is 14.6. The first-order valence-corrected chi connectivity index (χ1v) is 11.8. The van der Waals surface area contributed by atoms with E-state index in [0.29, 0.717) is 19.6 Å². The standard InChI is InChI=1S/C20H22N8OS/c1-21-10-20(11-27(12-20)30(29,16-4-5-16)26-15-2-3-15)28-9-14(8-25-28)18-17-6-7-22-19(17)24-13-23-18/h6-9,13,15-16H,2-5,10-12H2,(H,22,23,24). The van der Waals surface area contributed by atoms with Gasteiger partial charge in [0.25, 0.3) is 0 Å². The molecule has 0 spiro atoms. The molecular formula is C20H22N8OS. The van der Waals surface area contributed by atoms with E-state index in [0.717, 1.165) is 48.0 Å². The van der Waals surface area contributed by atoms with Gasteiger partial charge < -0.3 is 9.83 Å². The number of nitrogens with zero attached hydrogens (tertiary/aromatic N) is 7. The molecule has 0 bridgehead atoms. The fraction of sp³-hybridized carbons (Fsp3) is 0.500. The fourth-order valence-corrected chi connectivity index (χ4v) is 7.16. The molecular weight excluding hydrogens is 400 g/mol. The number of hydrogen-bond acceptors (Lipinski definition) is 5. The highest BCUT2D eigenvalue weighted by Crippen LogP contribution is 2.42. The molecule has 3 fully saturated rings. The SMILES string of the molecule is [C-]#[N+]CC1(n2cc(-c3ncnc4[nH]ccc34)cn2)CN(S(=O)(=NC2CC2)C2CC2)C1. The smallest absolute Gasteiger partial charge is 0.242 e. The van der Waals surface area contributed by atoms with Crippen LogP contribution in [-0.4, -0.2) is 64.2 Å². The van der Waals surface area contributed by atoms with Crippen LogP contribution in [-0.2, 0) is 15.5 Å². The Morgan fingerprint density at radius 3 is 2.87 bits per heavy atom. The largest absolute Gasteiger partial charge is 0.346 e. The van der Waals surface area contributed by atoms with Gasteiger partial charge in [-0.25, -0.2) is 29.4 Å². The molecule has 30 heavy (non-hydrogen) atoms. The summed E-state index contributed by atoms with van der Waals surface area (Å²) in [5.41, 5.74) is 2.01. The zero-order valence-corrected chi connectivity index (χ0v) is 17.3. The molecule has 0 amide bonds. The van der Waals surface area contributed by atoms with Gasteiger partial charge >= 0.3 is 0 Å². The average Bonchev–Trinajstić information content (AvgIpc) is 3.63. The molecule has 4 heterocycles. The summed E-state index contributed by atoms with van der Waals surface area (Å²) in [4.78, 5) is 15.5. The summed E-state index contributed by atoms with van der Waals surface area (Å²) < 4.78 is 22.3. The number of aromatic amines is 1. The quantitative estimate of drug-likeness (QED) is 0.617. The van der Waals surface area contributed by atoms with E-state index in [9.17, 15) is 4.21 Å². The molecule has 1 atom stereocenters. The van der Waals surface area contributed by atoms with Crippen LogP contribution in [0.2, 0.25) is 0 Å². The van der Waals surface area contributed by atoms with Gasteiger partial charge in [-0.3, -0.25) is 4.68 Å². The van der Waals surface area contributed by atoms with E-state index in [-0.39, 0.29) is 11.3 Å². The van der Waals surface area contributed by atoms with E-state index in [2.05, 4.69) is 24.9 Å². The van der Waals surface area contributed by atoms with E-state index in [1.165, 1.54) is 6.33 Å². The third kappa shape index (κ3) is 2.76. The maximum atomic E-state index is 13.7. The fourth-order valence-electron chi connectivity index (χ4n) is 4.20. The van der Waals surface area contributed by atoms with Gasteiger partial charge in [0.2, 0.25) is 6.54 Å². The third-order valence-electron chi connectivity index (χ3n) is 6.19. The van der Waals surface area contributed by atoms with Crippen LogP contribution in [0.3, 0.4) is 0 Å². The van der Waals surface area contributed by atoms with E-state index in [4.69, 9.17) is 10.9 Å². The summed E-state index contributed by atoms with van der Waals surface area (Å²) in [5, 5.41) is 5.73. The van der Waals surface area contributed by atoms with Crippen LogP contribution in [0, 0.1) is 6.57 Å². The highest BCUT2D eigenvalue weighted by molar-refractivity contribution is 7.92. The van der Waals surface area contributed by atoms with Crippen molar-refractivity contribution in [2.45, 2.75) is 42.5 Å². The topological polar surface area (TPSA) is 96.4 Å². The highest BCUT2D eigenvalue weighted by Gasteiger charge is 2.55. The maximum absolute atomic E-state index is 13.7. The van der Waals surface area contributed by atoms with Crippen molar-refractivity contribution < 1.29 is 4.21 Å². The Bertz CT molecular complexity index is 1280. The van der Waals surface area contributed by atoms with Crippen molar-refractivity contribution in [3.05, 3.63) is 42.4 Å². The van der Waals surface area contributed by atoms with E-state index < -0.39 is 15.5 Å². The minimum Gasteiger partial charge on any atom is -0.346 e. The summed E-state index contributed by atoms with van der Waals surface area (Å²) in [6.45, 7) is 8.89. The monoisotopic (exact) mass is 422 g/mol. The number of nitrogens with one attached hydrogen (secondary N) is 1. The number of hydrogen-bond donors (Lipinski definition) is 1. The van der Waals surface area contributed by atoms with Crippen LogP contribution in [0.25, 0.3) is 27.1 Å². The molecule has 2 aliphatic carbocycles. The second-order valence-electron chi connectivity index (χ2n) is 8.55. The highest BCUT2D eigenvalue weighted by atomic mass is 32.2. The van der Waals surface area contributed by atoms with E-state index >= 15 is 0 Å². The molecule has 10 heteroatoms. The summed E-state index contributed by atoms with van der Waals surface area (Å²) in [7, 11) is -2.35. The van der Waals surface area contributed by atoms with Gasteiger partial charge in [0.05, 0.1) is 23.2 Å². The summed E-state index contributed by atoms with van der Waals surface area (Å²) >= 11 is 0. The lowest BCUT2D eigenvalue weighted by atomic mass is 9.92. The molecule has 1 N–H and O–H groups in total. The minimum absolute atomic E-state index is 0.195. The van der Waals surface area contributed by atoms with Gasteiger partial charge in [0.15, 0.2) is 5.54 Å². The van der Waals surface area contributed by atoms with Crippen LogP contribution in [0.4, 0.5) is 0 Å². The Morgan fingerprint density at radius 2 is 2.13 bits per heavy atom. The van der Waals surface area contributed by atoms with Crippen molar-refractivity contribution in [1.82, 2.24) is 29.0 Å². The second-order valence-corrected chi connectivity index (χ2v) is 11.0. The molecule has 6 rings (SSSR count). The predicted molar refractivity (Wildman–Crippen MR) is 113 cm³/mol. The molecule has 1 aliphatic heterocycles. The Balaban J connectivity index is 1.32. The molecule has 0 radical (unpaired) electrons. The Morgan fingerprint density at radius 1 is 1.30 bits per heavy atom. The summed E-state index contributed by atoms with van der Waals surface area (Å²) in [6, 6.07) is 2.22. The number of H-pyrrole nitrogens is 1. The van der Waals surface area contributed by atoms with Crippen LogP contribution in [0.1, 0.15) is 25.7 Å². The maximum Gasteiger partial charge on any atom is 0.242 e. The molecule has 3 aliphatic rings. The second kappa shape index (κ2) is 6.36. The normalized spacial score (nSPS) is 22.9. The lowest BCUT2D eigenvalue weighted by molar-refractivity contribution is 0.0864. The molecule has 0 aromatic carbocycles. The third-order valence-corrected chi connectivity index (χ3v) is 9.12. The Hall–Kier alpha value is -2.77. The predicted octanol–water partition coefficient (Wildman–Crippen LogP) is 2.46. The van der Waals surface area contributed by atoms with Crippen molar-refractivity contribution in [1.29, 1.82) is 0 Å². The molecule has 3 aromatic rings. The van der Waals surface area contributed by atoms with Gasteiger partial charge in [-0.05, 0) is 31.7 Å². The van der Waals surface area contributed by atoms with Crippen LogP contribution >= 0.6 is 0 Å². The van der Waals surface area contributed by atoms with Crippen molar-refractivity contribution >= 4 is 20.9 Å². The molecule has 1 saturated heterocycles. The van der Waals surface area contributed by atoms with Gasteiger partial charge in [-0.15, -0.1) is 0 Å².